The van der Waals surface area contributed by atoms with Gasteiger partial charge < -0.3 is 15.3 Å². The van der Waals surface area contributed by atoms with E-state index in [2.05, 4.69) is 15.2 Å². The summed E-state index contributed by atoms with van der Waals surface area (Å²) in [7, 11) is 0. The molecule has 0 aliphatic carbocycles. The summed E-state index contributed by atoms with van der Waals surface area (Å²) in [5, 5.41) is 15.3. The first-order valence-corrected chi connectivity index (χ1v) is 6.87. The fourth-order valence-electron chi connectivity index (χ4n) is 2.05. The molecule has 2 aliphatic rings. The average molecular weight is 275 g/mol. The van der Waals surface area contributed by atoms with Crippen molar-refractivity contribution in [3.05, 3.63) is 35.4 Å². The van der Waals surface area contributed by atoms with Crippen molar-refractivity contribution in [2.24, 2.45) is 4.99 Å². The third-order valence-electron chi connectivity index (χ3n) is 2.97. The highest BCUT2D eigenvalue weighted by Gasteiger charge is 2.27. The Balaban J connectivity index is 1.64. The Morgan fingerprint density at radius 2 is 2.32 bits per heavy atom. The second-order valence-electron chi connectivity index (χ2n) is 4.29. The summed E-state index contributed by atoms with van der Waals surface area (Å²) in [4.78, 5) is 18.4. The van der Waals surface area contributed by atoms with Gasteiger partial charge in [0.1, 0.15) is 5.75 Å². The number of aromatic hydroxyl groups is 1. The number of hydrogen-bond donors (Lipinski definition) is 2. The molecule has 1 aromatic carbocycles. The largest absolute Gasteiger partial charge is 0.506 e. The number of amides is 1. The maximum Gasteiger partial charge on any atom is 0.230 e. The first-order chi connectivity index (χ1) is 9.24. The summed E-state index contributed by atoms with van der Waals surface area (Å²) < 4.78 is 0. The number of phenols is 1. The van der Waals surface area contributed by atoms with Crippen molar-refractivity contribution in [2.75, 3.05) is 18.4 Å². The standard InChI is InChI=1S/C13H13N3O2S/c17-11-4-2-1-3-10(11)15-12(18)7-9-8-19-13-14-5-6-16(9)13/h1-4,8,17H,5-7H2,(H,15,18). The van der Waals surface area contributed by atoms with E-state index in [-0.39, 0.29) is 11.7 Å². The van der Waals surface area contributed by atoms with Crippen LogP contribution in [0.2, 0.25) is 0 Å². The predicted octanol–water partition coefficient (Wildman–Crippen LogP) is 1.98. The number of thioether (sulfide) groups is 1. The SMILES string of the molecule is O=C(CC1=CSC2=NCCN12)Nc1ccccc1O. The smallest absolute Gasteiger partial charge is 0.230 e. The highest BCUT2D eigenvalue weighted by molar-refractivity contribution is 8.16. The zero-order valence-corrected chi connectivity index (χ0v) is 11.0. The van der Waals surface area contributed by atoms with E-state index in [9.17, 15) is 9.90 Å². The molecule has 5 nitrogen and oxygen atoms in total. The number of nitrogens with one attached hydrogen (secondary N) is 1. The molecule has 0 bridgehead atoms. The highest BCUT2D eigenvalue weighted by Crippen LogP contribution is 2.31. The number of anilines is 1. The van der Waals surface area contributed by atoms with Crippen LogP contribution in [0.1, 0.15) is 6.42 Å². The van der Waals surface area contributed by atoms with Gasteiger partial charge in [-0.15, -0.1) is 0 Å². The van der Waals surface area contributed by atoms with E-state index < -0.39 is 0 Å². The molecule has 0 spiro atoms. The Morgan fingerprint density at radius 1 is 1.47 bits per heavy atom. The van der Waals surface area contributed by atoms with Crippen LogP contribution >= 0.6 is 11.8 Å². The quantitative estimate of drug-likeness (QED) is 0.828. The van der Waals surface area contributed by atoms with Crippen molar-refractivity contribution in [3.8, 4) is 5.75 Å². The molecule has 0 atom stereocenters. The van der Waals surface area contributed by atoms with Crippen molar-refractivity contribution in [1.82, 2.24) is 4.90 Å². The molecule has 6 heteroatoms. The predicted molar refractivity (Wildman–Crippen MR) is 76.0 cm³/mol. The molecule has 98 valence electrons. The van der Waals surface area contributed by atoms with E-state index in [1.54, 1.807) is 36.0 Å². The van der Waals surface area contributed by atoms with Gasteiger partial charge in [0.25, 0.3) is 0 Å². The van der Waals surface area contributed by atoms with Crippen molar-refractivity contribution in [1.29, 1.82) is 0 Å². The van der Waals surface area contributed by atoms with Gasteiger partial charge in [0, 0.05) is 12.2 Å². The number of carbonyl (C=O) groups excluding carboxylic acids is 1. The van der Waals surface area contributed by atoms with Gasteiger partial charge in [-0.2, -0.15) is 0 Å². The molecule has 0 unspecified atom stereocenters. The average Bonchev–Trinajstić information content (AvgIpc) is 2.97. The van der Waals surface area contributed by atoms with Gasteiger partial charge >= 0.3 is 0 Å². The number of para-hydroxylation sites is 2. The van der Waals surface area contributed by atoms with Crippen LogP contribution in [0.4, 0.5) is 5.69 Å². The lowest BCUT2D eigenvalue weighted by Crippen LogP contribution is -2.24. The Hall–Kier alpha value is -1.95. The zero-order chi connectivity index (χ0) is 13.2. The molecule has 2 heterocycles. The maximum atomic E-state index is 12.0. The number of amidine groups is 1. The fraction of sp³-hybridized carbons (Fsp3) is 0.231. The van der Waals surface area contributed by atoms with Crippen molar-refractivity contribution >= 4 is 28.5 Å². The molecule has 2 N–H and O–H groups in total. The molecule has 0 fully saturated rings. The minimum atomic E-state index is -0.137. The molecule has 0 radical (unpaired) electrons. The molecular weight excluding hydrogens is 262 g/mol. The van der Waals surface area contributed by atoms with E-state index in [0.717, 1.165) is 24.0 Å². The van der Waals surface area contributed by atoms with Crippen LogP contribution in [0.15, 0.2) is 40.4 Å². The maximum absolute atomic E-state index is 12.0. The normalized spacial score (nSPS) is 16.9. The number of aliphatic imine (C=N–C) groups is 1. The summed E-state index contributed by atoms with van der Waals surface area (Å²) in [6, 6.07) is 6.71. The number of benzene rings is 1. The number of rotatable bonds is 3. The monoisotopic (exact) mass is 275 g/mol. The molecule has 0 saturated heterocycles. The fourth-order valence-corrected chi connectivity index (χ4v) is 3.01. The number of hydrogen-bond acceptors (Lipinski definition) is 5. The van der Waals surface area contributed by atoms with Crippen LogP contribution in [-0.2, 0) is 4.79 Å². The van der Waals surface area contributed by atoms with Gasteiger partial charge in [0.2, 0.25) is 5.91 Å². The van der Waals surface area contributed by atoms with E-state index in [1.165, 1.54) is 0 Å². The van der Waals surface area contributed by atoms with Crippen LogP contribution in [-0.4, -0.2) is 34.2 Å². The summed E-state index contributed by atoms with van der Waals surface area (Å²) >= 11 is 1.56. The van der Waals surface area contributed by atoms with Crippen molar-refractivity contribution in [2.45, 2.75) is 6.42 Å². The minimum absolute atomic E-state index is 0.0778. The zero-order valence-electron chi connectivity index (χ0n) is 10.2. The molecule has 1 amide bonds. The number of carbonyl (C=O) groups is 1. The van der Waals surface area contributed by atoms with E-state index in [1.807, 2.05) is 5.41 Å². The van der Waals surface area contributed by atoms with Gasteiger partial charge in [-0.05, 0) is 17.5 Å². The molecular formula is C13H13N3O2S. The lowest BCUT2D eigenvalue weighted by Gasteiger charge is -2.16. The van der Waals surface area contributed by atoms with Gasteiger partial charge in [0.15, 0.2) is 5.17 Å². The lowest BCUT2D eigenvalue weighted by molar-refractivity contribution is -0.115. The Kier molecular flexibility index (Phi) is 3.16. The Labute approximate surface area is 115 Å². The molecule has 19 heavy (non-hydrogen) atoms. The van der Waals surface area contributed by atoms with Gasteiger partial charge in [-0.1, -0.05) is 23.9 Å². The molecule has 2 aliphatic heterocycles. The Bertz CT molecular complexity index is 583. The van der Waals surface area contributed by atoms with Crippen LogP contribution in [0.25, 0.3) is 0 Å². The number of nitrogens with zero attached hydrogens (tertiary/aromatic N) is 2. The van der Waals surface area contributed by atoms with E-state index in [4.69, 9.17) is 0 Å². The summed E-state index contributed by atoms with van der Waals surface area (Å²) in [5.41, 5.74) is 1.41. The van der Waals surface area contributed by atoms with Crippen LogP contribution in [0.5, 0.6) is 5.75 Å². The van der Waals surface area contributed by atoms with Gasteiger partial charge in [-0.25, -0.2) is 0 Å². The molecule has 0 aromatic heterocycles. The second kappa shape index (κ2) is 4.97. The number of phenolic OH excluding ortho intramolecular Hbond substituents is 1. The van der Waals surface area contributed by atoms with Crippen LogP contribution in [0.3, 0.4) is 0 Å². The lowest BCUT2D eigenvalue weighted by atomic mass is 10.2. The topological polar surface area (TPSA) is 64.9 Å². The van der Waals surface area contributed by atoms with E-state index >= 15 is 0 Å². The summed E-state index contributed by atoms with van der Waals surface area (Å²) in [5.74, 6) is -0.0597. The minimum Gasteiger partial charge on any atom is -0.506 e. The third-order valence-corrected chi connectivity index (χ3v) is 3.92. The molecule has 1 aromatic rings. The highest BCUT2D eigenvalue weighted by atomic mass is 32.2. The first kappa shape index (κ1) is 12.1. The Morgan fingerprint density at radius 3 is 3.16 bits per heavy atom. The van der Waals surface area contributed by atoms with Crippen LogP contribution < -0.4 is 5.32 Å². The van der Waals surface area contributed by atoms with Crippen molar-refractivity contribution < 1.29 is 9.90 Å². The summed E-state index contributed by atoms with van der Waals surface area (Å²) in [6.07, 6.45) is 0.292. The second-order valence-corrected chi connectivity index (χ2v) is 5.12. The van der Waals surface area contributed by atoms with Crippen LogP contribution in [0, 0.1) is 0 Å². The molecule has 0 saturated carbocycles. The number of fused-ring (bicyclic) bond motifs is 1. The van der Waals surface area contributed by atoms with Gasteiger partial charge in [-0.3, -0.25) is 9.79 Å². The third kappa shape index (κ3) is 2.44. The molecule has 3 rings (SSSR count). The van der Waals surface area contributed by atoms with E-state index in [0.29, 0.717) is 12.1 Å². The first-order valence-electron chi connectivity index (χ1n) is 5.99. The van der Waals surface area contributed by atoms with Gasteiger partial charge in [0.05, 0.1) is 18.7 Å². The van der Waals surface area contributed by atoms with Crippen molar-refractivity contribution in [3.63, 3.8) is 0 Å². The summed E-state index contributed by atoms with van der Waals surface area (Å²) in [6.45, 7) is 1.64.